The van der Waals surface area contributed by atoms with Crippen molar-refractivity contribution >= 4 is 15.7 Å². The monoisotopic (exact) mass is 370 g/mol. The summed E-state index contributed by atoms with van der Waals surface area (Å²) in [5.74, 6) is -0.483. The van der Waals surface area contributed by atoms with Crippen LogP contribution >= 0.6 is 0 Å². The molecule has 138 valence electrons. The van der Waals surface area contributed by atoms with Crippen molar-refractivity contribution in [2.45, 2.75) is 24.9 Å². The van der Waals surface area contributed by atoms with E-state index >= 15 is 0 Å². The Hall–Kier alpha value is -1.51. The van der Waals surface area contributed by atoms with E-state index in [1.807, 2.05) is 4.90 Å². The van der Waals surface area contributed by atoms with Gasteiger partial charge in [0.2, 0.25) is 5.91 Å². The number of piperazine rings is 1. The minimum Gasteiger partial charge on any atom is -0.395 e. The van der Waals surface area contributed by atoms with E-state index in [-0.39, 0.29) is 48.3 Å². The normalized spacial score (nSPS) is 25.8. The highest BCUT2D eigenvalue weighted by molar-refractivity contribution is 7.91. The molecule has 0 bridgehead atoms. The Kier molecular flexibility index (Phi) is 5.41. The van der Waals surface area contributed by atoms with Crippen LogP contribution in [-0.4, -0.2) is 79.1 Å². The maximum absolute atomic E-state index is 13.7. The SMILES string of the molecule is O=C(CCc1ccccc1F)N1CCN(CCO)[C@@H]2CS(=O)(=O)C[C@@H]21. The van der Waals surface area contributed by atoms with Gasteiger partial charge in [0.1, 0.15) is 5.82 Å². The molecule has 0 aliphatic carbocycles. The van der Waals surface area contributed by atoms with E-state index < -0.39 is 9.84 Å². The molecule has 3 rings (SSSR count). The topological polar surface area (TPSA) is 77.9 Å². The van der Waals surface area contributed by atoms with E-state index in [2.05, 4.69) is 0 Å². The molecule has 0 spiro atoms. The molecular formula is C17H23FN2O4S. The zero-order valence-corrected chi connectivity index (χ0v) is 14.8. The summed E-state index contributed by atoms with van der Waals surface area (Å²) in [6.07, 6.45) is 0.455. The second-order valence-electron chi connectivity index (χ2n) is 6.65. The first-order valence-corrected chi connectivity index (χ1v) is 10.3. The van der Waals surface area contributed by atoms with Crippen molar-refractivity contribution < 1.29 is 22.7 Å². The van der Waals surface area contributed by atoms with Gasteiger partial charge in [0.25, 0.3) is 0 Å². The molecule has 2 saturated heterocycles. The Morgan fingerprint density at radius 2 is 1.92 bits per heavy atom. The van der Waals surface area contributed by atoms with Gasteiger partial charge in [0.05, 0.1) is 24.2 Å². The van der Waals surface area contributed by atoms with E-state index in [1.54, 1.807) is 23.1 Å². The van der Waals surface area contributed by atoms with E-state index in [1.165, 1.54) is 6.07 Å². The summed E-state index contributed by atoms with van der Waals surface area (Å²) >= 11 is 0. The minimum atomic E-state index is -3.20. The molecule has 2 aliphatic heterocycles. The molecule has 6 nitrogen and oxygen atoms in total. The van der Waals surface area contributed by atoms with Gasteiger partial charge in [0, 0.05) is 32.1 Å². The van der Waals surface area contributed by atoms with Crippen molar-refractivity contribution in [1.82, 2.24) is 9.80 Å². The number of benzene rings is 1. The first kappa shape index (κ1) is 18.3. The molecule has 1 amide bonds. The number of nitrogens with zero attached hydrogens (tertiary/aromatic N) is 2. The Morgan fingerprint density at radius 3 is 2.64 bits per heavy atom. The second-order valence-corrected chi connectivity index (χ2v) is 8.80. The highest BCUT2D eigenvalue weighted by atomic mass is 32.2. The van der Waals surface area contributed by atoms with Crippen molar-refractivity contribution in [3.8, 4) is 0 Å². The average Bonchev–Trinajstić information content (AvgIpc) is 2.89. The third kappa shape index (κ3) is 4.02. The minimum absolute atomic E-state index is 0.0226. The molecule has 1 aromatic carbocycles. The Labute approximate surface area is 147 Å². The van der Waals surface area contributed by atoms with Crippen LogP contribution in [0.1, 0.15) is 12.0 Å². The maximum Gasteiger partial charge on any atom is 0.223 e. The fourth-order valence-electron chi connectivity index (χ4n) is 3.83. The molecule has 8 heteroatoms. The summed E-state index contributed by atoms with van der Waals surface area (Å²) in [4.78, 5) is 16.2. The van der Waals surface area contributed by atoms with Gasteiger partial charge in [-0.2, -0.15) is 0 Å². The highest BCUT2D eigenvalue weighted by Gasteiger charge is 2.47. The van der Waals surface area contributed by atoms with E-state index in [9.17, 15) is 22.7 Å². The quantitative estimate of drug-likeness (QED) is 0.793. The predicted molar refractivity (Wildman–Crippen MR) is 91.3 cm³/mol. The Balaban J connectivity index is 1.69. The average molecular weight is 370 g/mol. The standard InChI is InChI=1S/C17H23FN2O4S/c18-14-4-2-1-3-13(14)5-6-17(22)20-8-7-19(9-10-21)15-11-25(23,24)12-16(15)20/h1-4,15-16,21H,5-12H2/t15-,16+/m1/s1. The molecule has 2 heterocycles. The van der Waals surface area contributed by atoms with Crippen LogP contribution in [0.4, 0.5) is 4.39 Å². The largest absolute Gasteiger partial charge is 0.395 e. The zero-order chi connectivity index (χ0) is 18.0. The number of aliphatic hydroxyl groups excluding tert-OH is 1. The van der Waals surface area contributed by atoms with E-state index in [4.69, 9.17) is 0 Å². The number of hydrogen-bond donors (Lipinski definition) is 1. The number of carbonyl (C=O) groups excluding carboxylic acids is 1. The molecule has 2 fully saturated rings. The smallest absolute Gasteiger partial charge is 0.223 e. The lowest BCUT2D eigenvalue weighted by molar-refractivity contribution is -0.137. The van der Waals surface area contributed by atoms with Crippen LogP contribution in [0.3, 0.4) is 0 Å². The fourth-order valence-corrected chi connectivity index (χ4v) is 5.84. The lowest BCUT2D eigenvalue weighted by atomic mass is 10.0. The van der Waals surface area contributed by atoms with Crippen LogP contribution < -0.4 is 0 Å². The van der Waals surface area contributed by atoms with Crippen molar-refractivity contribution in [3.63, 3.8) is 0 Å². The number of β-amino-alcohol motifs (C(OH)–C–C–N with tert-alkyl or cyclic N) is 1. The number of amides is 1. The van der Waals surface area contributed by atoms with Gasteiger partial charge < -0.3 is 10.0 Å². The lowest BCUT2D eigenvalue weighted by Crippen LogP contribution is -2.61. The second kappa shape index (κ2) is 7.39. The third-order valence-corrected chi connectivity index (χ3v) is 6.76. The number of aryl methyl sites for hydroxylation is 1. The van der Waals surface area contributed by atoms with Crippen molar-refractivity contribution in [2.24, 2.45) is 0 Å². The predicted octanol–water partition coefficient (Wildman–Crippen LogP) is 0.0604. The van der Waals surface area contributed by atoms with Crippen LogP contribution in [-0.2, 0) is 21.1 Å². The molecule has 2 aliphatic rings. The number of carbonyl (C=O) groups is 1. The van der Waals surface area contributed by atoms with Crippen LogP contribution in [0.15, 0.2) is 24.3 Å². The molecule has 0 unspecified atom stereocenters. The summed E-state index contributed by atoms with van der Waals surface area (Å²) in [5, 5.41) is 9.17. The van der Waals surface area contributed by atoms with Gasteiger partial charge >= 0.3 is 0 Å². The first-order chi connectivity index (χ1) is 11.9. The van der Waals surface area contributed by atoms with Crippen molar-refractivity contribution in [2.75, 3.05) is 37.7 Å². The van der Waals surface area contributed by atoms with E-state index in [0.29, 0.717) is 31.6 Å². The maximum atomic E-state index is 13.7. The summed E-state index contributed by atoms with van der Waals surface area (Å²) < 4.78 is 37.8. The van der Waals surface area contributed by atoms with Gasteiger partial charge in [-0.25, -0.2) is 12.8 Å². The fraction of sp³-hybridized carbons (Fsp3) is 0.588. The summed E-state index contributed by atoms with van der Waals surface area (Å²) in [6, 6.07) is 5.73. The molecule has 0 radical (unpaired) electrons. The van der Waals surface area contributed by atoms with Crippen LogP contribution in [0.2, 0.25) is 0 Å². The number of hydrogen-bond acceptors (Lipinski definition) is 5. The van der Waals surface area contributed by atoms with Gasteiger partial charge in [-0.1, -0.05) is 18.2 Å². The summed E-state index contributed by atoms with van der Waals surface area (Å²) in [5.41, 5.74) is 0.491. The Morgan fingerprint density at radius 1 is 1.20 bits per heavy atom. The van der Waals surface area contributed by atoms with Gasteiger partial charge in [-0.05, 0) is 18.1 Å². The van der Waals surface area contributed by atoms with Crippen LogP contribution in [0.5, 0.6) is 0 Å². The van der Waals surface area contributed by atoms with Crippen molar-refractivity contribution in [3.05, 3.63) is 35.6 Å². The molecule has 1 N–H and O–H groups in total. The van der Waals surface area contributed by atoms with Gasteiger partial charge in [-0.3, -0.25) is 9.69 Å². The van der Waals surface area contributed by atoms with Crippen molar-refractivity contribution in [1.29, 1.82) is 0 Å². The number of rotatable bonds is 5. The molecule has 0 saturated carbocycles. The number of fused-ring (bicyclic) bond motifs is 1. The van der Waals surface area contributed by atoms with Crippen LogP contribution in [0.25, 0.3) is 0 Å². The van der Waals surface area contributed by atoms with E-state index in [0.717, 1.165) is 0 Å². The van der Waals surface area contributed by atoms with Gasteiger partial charge in [-0.15, -0.1) is 0 Å². The molecule has 1 aromatic rings. The number of aliphatic hydroxyl groups is 1. The zero-order valence-electron chi connectivity index (χ0n) is 14.0. The van der Waals surface area contributed by atoms with Crippen LogP contribution in [0, 0.1) is 5.82 Å². The molecule has 2 atom stereocenters. The highest BCUT2D eigenvalue weighted by Crippen LogP contribution is 2.27. The first-order valence-electron chi connectivity index (χ1n) is 8.49. The molecule has 0 aromatic heterocycles. The Bertz CT molecular complexity index is 740. The third-order valence-electron chi connectivity index (χ3n) is 5.06. The number of halogens is 1. The molecular weight excluding hydrogens is 347 g/mol. The van der Waals surface area contributed by atoms with Gasteiger partial charge in [0.15, 0.2) is 9.84 Å². The summed E-state index contributed by atoms with van der Waals surface area (Å²) in [6.45, 7) is 1.36. The summed E-state index contributed by atoms with van der Waals surface area (Å²) in [7, 11) is -3.20. The number of sulfone groups is 1. The lowest BCUT2D eigenvalue weighted by Gasteiger charge is -2.43. The molecule has 25 heavy (non-hydrogen) atoms.